The van der Waals surface area contributed by atoms with Crippen LogP contribution in [0.15, 0.2) is 0 Å². The molecule has 2 fully saturated rings. The first kappa shape index (κ1) is 9.21. The fraction of sp³-hybridized carbons (Fsp3) is 1.00. The van der Waals surface area contributed by atoms with E-state index < -0.39 is 29.9 Å². The van der Waals surface area contributed by atoms with Crippen LogP contribution in [0.25, 0.3) is 0 Å². The maximum absolute atomic E-state index is 13.5. The van der Waals surface area contributed by atoms with Crippen molar-refractivity contribution in [3.63, 3.8) is 0 Å². The normalized spacial score (nSPS) is 45.9. The lowest BCUT2D eigenvalue weighted by Crippen LogP contribution is -2.66. The molecule has 13 heavy (non-hydrogen) atoms. The molecule has 0 N–H and O–H groups in total. The first-order valence-electron chi connectivity index (χ1n) is 4.26. The van der Waals surface area contributed by atoms with Crippen LogP contribution in [0.1, 0.15) is 25.7 Å². The van der Waals surface area contributed by atoms with Gasteiger partial charge in [0.1, 0.15) is 0 Å². The van der Waals surface area contributed by atoms with Crippen LogP contribution in [0.5, 0.6) is 0 Å². The van der Waals surface area contributed by atoms with Gasteiger partial charge in [-0.05, 0) is 31.6 Å². The Hall–Kier alpha value is -0.350. The lowest BCUT2D eigenvalue weighted by Gasteiger charge is -2.49. The fourth-order valence-corrected chi connectivity index (χ4v) is 2.03. The van der Waals surface area contributed by atoms with Crippen LogP contribution < -0.4 is 0 Å². The van der Waals surface area contributed by atoms with Crippen LogP contribution in [0.2, 0.25) is 0 Å². The minimum Gasteiger partial charge on any atom is -0.240 e. The van der Waals surface area contributed by atoms with Gasteiger partial charge >= 0.3 is 6.18 Å². The van der Waals surface area contributed by atoms with Gasteiger partial charge in [-0.15, -0.1) is 0 Å². The molecule has 0 aromatic carbocycles. The van der Waals surface area contributed by atoms with E-state index in [0.29, 0.717) is 12.8 Å². The molecule has 0 radical (unpaired) electrons. The molecule has 2 atom stereocenters. The average molecular weight is 200 g/mol. The Morgan fingerprint density at radius 2 is 1.54 bits per heavy atom. The molecular weight excluding hydrogens is 191 g/mol. The highest BCUT2D eigenvalue weighted by Crippen LogP contribution is 2.65. The molecule has 0 nitrogen and oxygen atoms in total. The monoisotopic (exact) mass is 200 g/mol. The van der Waals surface area contributed by atoms with Gasteiger partial charge in [-0.2, -0.15) is 13.2 Å². The van der Waals surface area contributed by atoms with Crippen LogP contribution in [0.3, 0.4) is 0 Å². The SMILES string of the molecule is FC(F)(F)C1(F)CCC1(F)C1CC1. The Bertz CT molecular complexity index is 231. The van der Waals surface area contributed by atoms with Crippen molar-refractivity contribution in [2.24, 2.45) is 5.92 Å². The molecule has 0 aliphatic heterocycles. The zero-order valence-electron chi connectivity index (χ0n) is 6.80. The van der Waals surface area contributed by atoms with Gasteiger partial charge in [0.05, 0.1) is 0 Å². The van der Waals surface area contributed by atoms with Crippen molar-refractivity contribution < 1.29 is 22.0 Å². The summed E-state index contributed by atoms with van der Waals surface area (Å²) in [5.41, 5.74) is -6.19. The van der Waals surface area contributed by atoms with Crippen molar-refractivity contribution in [1.82, 2.24) is 0 Å². The standard InChI is InChI=1S/C8H9F5/c9-6(5-1-2-5)3-4-7(6,10)8(11,12)13/h5H,1-4H2. The molecule has 0 amide bonds. The largest absolute Gasteiger partial charge is 0.425 e. The quantitative estimate of drug-likeness (QED) is 0.570. The first-order chi connectivity index (χ1) is 5.81. The Balaban J connectivity index is 2.24. The van der Waals surface area contributed by atoms with Gasteiger partial charge in [0.15, 0.2) is 5.67 Å². The minimum absolute atomic E-state index is 0.284. The van der Waals surface area contributed by atoms with Gasteiger partial charge in [0.25, 0.3) is 0 Å². The molecular formula is C8H9F5. The van der Waals surface area contributed by atoms with Crippen molar-refractivity contribution >= 4 is 0 Å². The molecule has 0 heterocycles. The predicted molar refractivity (Wildman–Crippen MR) is 35.7 cm³/mol. The highest BCUT2D eigenvalue weighted by Gasteiger charge is 2.78. The van der Waals surface area contributed by atoms with Gasteiger partial charge in [0.2, 0.25) is 5.67 Å². The Morgan fingerprint density at radius 3 is 1.77 bits per heavy atom. The van der Waals surface area contributed by atoms with Gasteiger partial charge < -0.3 is 0 Å². The number of rotatable bonds is 1. The molecule has 2 unspecified atom stereocenters. The summed E-state index contributed by atoms with van der Waals surface area (Å²) in [6.45, 7) is 0. The number of alkyl halides is 5. The summed E-state index contributed by atoms with van der Waals surface area (Å²) in [6, 6.07) is 0. The highest BCUT2D eigenvalue weighted by atomic mass is 19.4. The topological polar surface area (TPSA) is 0 Å². The zero-order valence-corrected chi connectivity index (χ0v) is 6.80. The van der Waals surface area contributed by atoms with E-state index in [1.54, 1.807) is 0 Å². The third kappa shape index (κ3) is 0.958. The van der Waals surface area contributed by atoms with E-state index in [-0.39, 0.29) is 6.42 Å². The molecule has 0 bridgehead atoms. The molecule has 0 aromatic rings. The van der Waals surface area contributed by atoms with Crippen molar-refractivity contribution in [2.45, 2.75) is 43.2 Å². The maximum Gasteiger partial charge on any atom is 0.425 e. The lowest BCUT2D eigenvalue weighted by atomic mass is 9.65. The smallest absolute Gasteiger partial charge is 0.240 e. The first-order valence-corrected chi connectivity index (χ1v) is 4.26. The van der Waals surface area contributed by atoms with Crippen LogP contribution in [0.4, 0.5) is 22.0 Å². The van der Waals surface area contributed by atoms with E-state index in [9.17, 15) is 22.0 Å². The second-order valence-electron chi connectivity index (χ2n) is 3.94. The Kier molecular flexibility index (Phi) is 1.54. The fourth-order valence-electron chi connectivity index (χ4n) is 2.03. The van der Waals surface area contributed by atoms with E-state index in [4.69, 9.17) is 0 Å². The highest BCUT2D eigenvalue weighted by molar-refractivity contribution is 5.19. The van der Waals surface area contributed by atoms with Crippen LogP contribution in [-0.2, 0) is 0 Å². The third-order valence-corrected chi connectivity index (χ3v) is 3.17. The van der Waals surface area contributed by atoms with E-state index in [1.165, 1.54) is 0 Å². The van der Waals surface area contributed by atoms with E-state index in [0.717, 1.165) is 0 Å². The number of halogens is 5. The summed E-state index contributed by atoms with van der Waals surface area (Å²) in [5.74, 6) is -0.701. The van der Waals surface area contributed by atoms with Crippen molar-refractivity contribution in [2.75, 3.05) is 0 Å². The minimum atomic E-state index is -5.05. The molecule has 0 aromatic heterocycles. The number of hydrogen-bond donors (Lipinski definition) is 0. The van der Waals surface area contributed by atoms with Crippen molar-refractivity contribution in [3.05, 3.63) is 0 Å². The van der Waals surface area contributed by atoms with Crippen LogP contribution in [-0.4, -0.2) is 17.5 Å². The lowest BCUT2D eigenvalue weighted by molar-refractivity contribution is -0.315. The van der Waals surface area contributed by atoms with E-state index in [1.807, 2.05) is 0 Å². The van der Waals surface area contributed by atoms with Crippen molar-refractivity contribution in [3.8, 4) is 0 Å². The molecule has 5 heteroatoms. The third-order valence-electron chi connectivity index (χ3n) is 3.17. The average Bonchev–Trinajstić information content (AvgIpc) is 2.79. The molecule has 76 valence electrons. The Labute approximate surface area is 72.1 Å². The molecule has 2 aliphatic rings. The summed E-state index contributed by atoms with van der Waals surface area (Å²) in [4.78, 5) is 0. The summed E-state index contributed by atoms with van der Waals surface area (Å²) in [5, 5.41) is 0. The molecule has 2 aliphatic carbocycles. The molecule has 0 saturated heterocycles. The maximum atomic E-state index is 13.5. The van der Waals surface area contributed by atoms with Crippen LogP contribution >= 0.6 is 0 Å². The Morgan fingerprint density at radius 1 is 1.00 bits per heavy atom. The van der Waals surface area contributed by atoms with Gasteiger partial charge in [0, 0.05) is 0 Å². The van der Waals surface area contributed by atoms with E-state index >= 15 is 0 Å². The summed E-state index contributed by atoms with van der Waals surface area (Å²) in [7, 11) is 0. The summed E-state index contributed by atoms with van der Waals surface area (Å²) in [6.07, 6.45) is -5.28. The second-order valence-corrected chi connectivity index (χ2v) is 3.94. The number of hydrogen-bond acceptors (Lipinski definition) is 0. The van der Waals surface area contributed by atoms with E-state index in [2.05, 4.69) is 0 Å². The predicted octanol–water partition coefficient (Wildman–Crippen LogP) is 3.17. The summed E-state index contributed by atoms with van der Waals surface area (Å²) < 4.78 is 63.3. The molecule has 2 rings (SSSR count). The van der Waals surface area contributed by atoms with Gasteiger partial charge in [-0.1, -0.05) is 0 Å². The second kappa shape index (κ2) is 2.17. The zero-order chi connectivity index (χ0) is 9.91. The van der Waals surface area contributed by atoms with Gasteiger partial charge in [-0.3, -0.25) is 0 Å². The van der Waals surface area contributed by atoms with Gasteiger partial charge in [-0.25, -0.2) is 8.78 Å². The van der Waals surface area contributed by atoms with Crippen LogP contribution in [0, 0.1) is 5.92 Å². The molecule has 0 spiro atoms. The van der Waals surface area contributed by atoms with Crippen molar-refractivity contribution in [1.29, 1.82) is 0 Å². The molecule has 2 saturated carbocycles. The summed E-state index contributed by atoms with van der Waals surface area (Å²) >= 11 is 0.